The van der Waals surface area contributed by atoms with E-state index in [0.717, 1.165) is 38.5 Å². The molecule has 1 aliphatic heterocycles. The lowest BCUT2D eigenvalue weighted by Gasteiger charge is -2.32. The summed E-state index contributed by atoms with van der Waals surface area (Å²) in [5, 5.41) is 14.0. The van der Waals surface area contributed by atoms with Crippen LogP contribution in [-0.4, -0.2) is 35.5 Å². The van der Waals surface area contributed by atoms with Crippen molar-refractivity contribution >= 4 is 11.4 Å². The molecule has 1 saturated heterocycles. The fourth-order valence-corrected chi connectivity index (χ4v) is 2.50. The van der Waals surface area contributed by atoms with E-state index >= 15 is 0 Å². The van der Waals surface area contributed by atoms with Gasteiger partial charge in [0, 0.05) is 12.6 Å². The van der Waals surface area contributed by atoms with E-state index in [0.29, 0.717) is 0 Å². The Balaban J connectivity index is 2.14. The minimum atomic E-state index is -0.793. The average Bonchev–Trinajstić information content (AvgIpc) is 2.38. The van der Waals surface area contributed by atoms with Gasteiger partial charge in [-0.3, -0.25) is 10.1 Å². The summed E-state index contributed by atoms with van der Waals surface area (Å²) in [7, 11) is 0. The van der Waals surface area contributed by atoms with E-state index in [1.54, 1.807) is 6.07 Å². The number of nitro benzene ring substituents is 1. The van der Waals surface area contributed by atoms with E-state index in [-0.39, 0.29) is 11.7 Å². The van der Waals surface area contributed by atoms with Crippen LogP contribution in [0.25, 0.3) is 0 Å². The second-order valence-electron chi connectivity index (χ2n) is 4.77. The lowest BCUT2D eigenvalue weighted by Crippen LogP contribution is -2.41. The van der Waals surface area contributed by atoms with Gasteiger partial charge in [0.2, 0.25) is 5.82 Å². The predicted molar refractivity (Wildman–Crippen MR) is 71.8 cm³/mol. The molecule has 1 fully saturated rings. The molecule has 1 aromatic carbocycles. The Labute approximate surface area is 111 Å². The number of rotatable bonds is 4. The molecular formula is C13H18FN3O2. The third-order valence-corrected chi connectivity index (χ3v) is 3.48. The molecule has 1 unspecified atom stereocenters. The Bertz CT molecular complexity index is 467. The van der Waals surface area contributed by atoms with E-state index < -0.39 is 16.4 Å². The van der Waals surface area contributed by atoms with E-state index in [9.17, 15) is 14.5 Å². The van der Waals surface area contributed by atoms with Crippen molar-refractivity contribution in [2.45, 2.75) is 25.8 Å². The number of halogens is 1. The SMILES string of the molecule is CCN1CCCC(Nc2cccc(F)c2[N+](=O)[O-])C1. The van der Waals surface area contributed by atoms with Crippen LogP contribution < -0.4 is 5.32 Å². The van der Waals surface area contributed by atoms with Gasteiger partial charge >= 0.3 is 5.69 Å². The van der Waals surface area contributed by atoms with Crippen LogP contribution in [0.5, 0.6) is 0 Å². The summed E-state index contributed by atoms with van der Waals surface area (Å²) >= 11 is 0. The van der Waals surface area contributed by atoms with Crippen molar-refractivity contribution < 1.29 is 9.31 Å². The average molecular weight is 267 g/mol. The lowest BCUT2D eigenvalue weighted by molar-refractivity contribution is -0.386. The summed E-state index contributed by atoms with van der Waals surface area (Å²) in [4.78, 5) is 12.5. The molecular weight excluding hydrogens is 249 g/mol. The quantitative estimate of drug-likeness (QED) is 0.673. The zero-order valence-corrected chi connectivity index (χ0v) is 10.9. The van der Waals surface area contributed by atoms with Gasteiger partial charge < -0.3 is 10.2 Å². The molecule has 2 rings (SSSR count). The van der Waals surface area contributed by atoms with Crippen LogP contribution in [-0.2, 0) is 0 Å². The normalized spacial score (nSPS) is 20.2. The Kier molecular flexibility index (Phi) is 4.31. The first-order chi connectivity index (χ1) is 9.11. The third-order valence-electron chi connectivity index (χ3n) is 3.48. The highest BCUT2D eigenvalue weighted by atomic mass is 19.1. The number of likely N-dealkylation sites (N-methyl/N-ethyl adjacent to an activating group) is 1. The number of nitrogens with zero attached hydrogens (tertiary/aromatic N) is 2. The zero-order chi connectivity index (χ0) is 13.8. The number of likely N-dealkylation sites (tertiary alicyclic amines) is 1. The van der Waals surface area contributed by atoms with Crippen molar-refractivity contribution in [1.82, 2.24) is 4.90 Å². The lowest BCUT2D eigenvalue weighted by atomic mass is 10.1. The molecule has 0 aromatic heterocycles. The summed E-state index contributed by atoms with van der Waals surface area (Å²) in [6.07, 6.45) is 2.00. The molecule has 6 heteroatoms. The maximum atomic E-state index is 13.5. The first-order valence-corrected chi connectivity index (χ1v) is 6.53. The highest BCUT2D eigenvalue weighted by Gasteiger charge is 2.24. The number of nitro groups is 1. The van der Waals surface area contributed by atoms with E-state index in [4.69, 9.17) is 0 Å². The van der Waals surface area contributed by atoms with Gasteiger partial charge in [0.1, 0.15) is 5.69 Å². The number of para-hydroxylation sites is 1. The first-order valence-electron chi connectivity index (χ1n) is 6.53. The molecule has 0 bridgehead atoms. The Morgan fingerprint density at radius 3 is 3.05 bits per heavy atom. The van der Waals surface area contributed by atoms with E-state index in [1.165, 1.54) is 6.07 Å². The summed E-state index contributed by atoms with van der Waals surface area (Å²) in [5.74, 6) is -0.793. The van der Waals surface area contributed by atoms with Gasteiger partial charge in [-0.05, 0) is 38.1 Å². The fourth-order valence-electron chi connectivity index (χ4n) is 2.50. The van der Waals surface area contributed by atoms with E-state index in [2.05, 4.69) is 17.1 Å². The smallest absolute Gasteiger partial charge is 0.327 e. The van der Waals surface area contributed by atoms with Gasteiger partial charge in [0.05, 0.1) is 4.92 Å². The molecule has 1 aromatic rings. The number of benzene rings is 1. The van der Waals surface area contributed by atoms with Crippen molar-refractivity contribution in [2.24, 2.45) is 0 Å². The molecule has 0 amide bonds. The van der Waals surface area contributed by atoms with Gasteiger partial charge in [-0.15, -0.1) is 0 Å². The Hall–Kier alpha value is -1.69. The first kappa shape index (κ1) is 13.7. The van der Waals surface area contributed by atoms with Crippen LogP contribution in [0, 0.1) is 15.9 Å². The minimum Gasteiger partial charge on any atom is -0.375 e. The molecule has 1 heterocycles. The molecule has 0 aliphatic carbocycles. The van der Waals surface area contributed by atoms with Gasteiger partial charge in [-0.2, -0.15) is 4.39 Å². The number of hydrogen-bond acceptors (Lipinski definition) is 4. The Morgan fingerprint density at radius 1 is 1.58 bits per heavy atom. The number of piperidine rings is 1. The minimum absolute atomic E-state index is 0.134. The third kappa shape index (κ3) is 3.20. The van der Waals surface area contributed by atoms with Crippen LogP contribution in [0.4, 0.5) is 15.8 Å². The largest absolute Gasteiger partial charge is 0.375 e. The van der Waals surface area contributed by atoms with Crippen molar-refractivity contribution in [2.75, 3.05) is 25.0 Å². The molecule has 19 heavy (non-hydrogen) atoms. The zero-order valence-electron chi connectivity index (χ0n) is 10.9. The van der Waals surface area contributed by atoms with Crippen LogP contribution in [0.3, 0.4) is 0 Å². The van der Waals surface area contributed by atoms with Crippen molar-refractivity contribution in [3.05, 3.63) is 34.1 Å². The highest BCUT2D eigenvalue weighted by molar-refractivity contribution is 5.62. The molecule has 1 atom stereocenters. The second kappa shape index (κ2) is 5.97. The van der Waals surface area contributed by atoms with Crippen LogP contribution >= 0.6 is 0 Å². The summed E-state index contributed by atoms with van der Waals surface area (Å²) < 4.78 is 13.5. The summed E-state index contributed by atoms with van der Waals surface area (Å²) in [6.45, 7) is 4.94. The molecule has 0 radical (unpaired) electrons. The maximum Gasteiger partial charge on any atom is 0.327 e. The van der Waals surface area contributed by atoms with Gasteiger partial charge in [0.15, 0.2) is 0 Å². The fraction of sp³-hybridized carbons (Fsp3) is 0.538. The van der Waals surface area contributed by atoms with Crippen LogP contribution in [0.1, 0.15) is 19.8 Å². The van der Waals surface area contributed by atoms with Crippen LogP contribution in [0.15, 0.2) is 18.2 Å². The molecule has 1 N–H and O–H groups in total. The standard InChI is InChI=1S/C13H18FN3O2/c1-2-16-8-4-5-10(9-16)15-12-7-3-6-11(14)13(12)17(18)19/h3,6-7,10,15H,2,4-5,8-9H2,1H3. The Morgan fingerprint density at radius 2 is 2.37 bits per heavy atom. The van der Waals surface area contributed by atoms with Gasteiger partial charge in [0.25, 0.3) is 0 Å². The van der Waals surface area contributed by atoms with Crippen molar-refractivity contribution in [1.29, 1.82) is 0 Å². The van der Waals surface area contributed by atoms with Crippen molar-refractivity contribution in [3.8, 4) is 0 Å². The van der Waals surface area contributed by atoms with Gasteiger partial charge in [-0.1, -0.05) is 13.0 Å². The number of anilines is 1. The number of hydrogen-bond donors (Lipinski definition) is 1. The molecule has 1 aliphatic rings. The molecule has 0 saturated carbocycles. The molecule has 5 nitrogen and oxygen atoms in total. The topological polar surface area (TPSA) is 58.4 Å². The maximum absolute atomic E-state index is 13.5. The number of nitrogens with one attached hydrogen (secondary N) is 1. The monoisotopic (exact) mass is 267 g/mol. The molecule has 0 spiro atoms. The van der Waals surface area contributed by atoms with Crippen LogP contribution in [0.2, 0.25) is 0 Å². The summed E-state index contributed by atoms with van der Waals surface area (Å²) in [5.41, 5.74) is -0.191. The summed E-state index contributed by atoms with van der Waals surface area (Å²) in [6, 6.07) is 4.30. The predicted octanol–water partition coefficient (Wildman–Crippen LogP) is 2.63. The highest BCUT2D eigenvalue weighted by Crippen LogP contribution is 2.28. The van der Waals surface area contributed by atoms with Gasteiger partial charge in [-0.25, -0.2) is 0 Å². The second-order valence-corrected chi connectivity index (χ2v) is 4.77. The van der Waals surface area contributed by atoms with Crippen molar-refractivity contribution in [3.63, 3.8) is 0 Å². The van der Waals surface area contributed by atoms with E-state index in [1.807, 2.05) is 0 Å². The molecule has 104 valence electrons.